The fraction of sp³-hybridized carbons (Fsp3) is 0.556. The Balaban J connectivity index is 1.89. The Hall–Kier alpha value is -2.09. The SMILES string of the molecule is CCOC(=O)Cc1ccc(NC(=O)N2CCCC(CS(C)(=O)=O)C2)cc1. The molecule has 0 radical (unpaired) electrons. The Bertz CT molecular complexity index is 730. The average Bonchev–Trinajstić information content (AvgIpc) is 2.55. The van der Waals surface area contributed by atoms with E-state index in [1.165, 1.54) is 6.26 Å². The molecule has 1 atom stereocenters. The third-order valence-electron chi connectivity index (χ3n) is 4.20. The van der Waals surface area contributed by atoms with Crippen molar-refractivity contribution >= 4 is 27.5 Å². The van der Waals surface area contributed by atoms with Crippen molar-refractivity contribution in [2.24, 2.45) is 5.92 Å². The highest BCUT2D eigenvalue weighted by molar-refractivity contribution is 7.90. The first-order chi connectivity index (χ1) is 12.3. The first kappa shape index (κ1) is 20.2. The molecule has 7 nitrogen and oxygen atoms in total. The highest BCUT2D eigenvalue weighted by Gasteiger charge is 2.26. The molecule has 1 fully saturated rings. The molecule has 1 aromatic carbocycles. The standard InChI is InChI=1S/C18H26N2O5S/c1-3-25-17(21)11-14-6-8-16(9-7-14)19-18(22)20-10-4-5-15(12-20)13-26(2,23)24/h6-9,15H,3-5,10-13H2,1-2H3,(H,19,22). The molecule has 1 aliphatic rings. The summed E-state index contributed by atoms with van der Waals surface area (Å²) in [4.78, 5) is 25.5. The second-order valence-corrected chi connectivity index (χ2v) is 8.84. The molecule has 1 N–H and O–H groups in total. The quantitative estimate of drug-likeness (QED) is 0.761. The minimum atomic E-state index is -3.05. The van der Waals surface area contributed by atoms with E-state index in [-0.39, 0.29) is 30.1 Å². The number of sulfone groups is 1. The van der Waals surface area contributed by atoms with Crippen LogP contribution in [0.4, 0.5) is 10.5 Å². The van der Waals surface area contributed by atoms with Crippen LogP contribution in [0.15, 0.2) is 24.3 Å². The van der Waals surface area contributed by atoms with E-state index in [0.29, 0.717) is 25.4 Å². The van der Waals surface area contributed by atoms with Crippen LogP contribution in [0.1, 0.15) is 25.3 Å². The molecule has 1 aromatic rings. The van der Waals surface area contributed by atoms with Crippen molar-refractivity contribution in [2.45, 2.75) is 26.2 Å². The summed E-state index contributed by atoms with van der Waals surface area (Å²) in [5, 5.41) is 2.82. The summed E-state index contributed by atoms with van der Waals surface area (Å²) in [5.74, 6) is -0.190. The molecule has 0 bridgehead atoms. The zero-order chi connectivity index (χ0) is 19.2. The molecule has 2 amide bonds. The topological polar surface area (TPSA) is 92.8 Å². The predicted octanol–water partition coefficient (Wildman–Crippen LogP) is 2.08. The van der Waals surface area contributed by atoms with Crippen LogP contribution in [0.3, 0.4) is 0 Å². The van der Waals surface area contributed by atoms with Gasteiger partial charge in [-0.2, -0.15) is 0 Å². The number of hydrogen-bond donors (Lipinski definition) is 1. The van der Waals surface area contributed by atoms with Crippen LogP contribution in [-0.4, -0.2) is 57.0 Å². The first-order valence-corrected chi connectivity index (χ1v) is 10.8. The minimum absolute atomic E-state index is 0.0172. The summed E-state index contributed by atoms with van der Waals surface area (Å²) in [5.41, 5.74) is 1.44. The van der Waals surface area contributed by atoms with Crippen molar-refractivity contribution in [1.29, 1.82) is 0 Å². The molecule has 144 valence electrons. The van der Waals surface area contributed by atoms with Gasteiger partial charge in [0.15, 0.2) is 0 Å². The van der Waals surface area contributed by atoms with E-state index in [2.05, 4.69) is 5.32 Å². The van der Waals surface area contributed by atoms with Gasteiger partial charge in [0.2, 0.25) is 0 Å². The van der Waals surface area contributed by atoms with Crippen LogP contribution >= 0.6 is 0 Å². The van der Waals surface area contributed by atoms with Crippen molar-refractivity contribution in [3.8, 4) is 0 Å². The predicted molar refractivity (Wildman–Crippen MR) is 99.8 cm³/mol. The summed E-state index contributed by atoms with van der Waals surface area (Å²) in [6.07, 6.45) is 3.04. The van der Waals surface area contributed by atoms with Crippen LogP contribution in [0.2, 0.25) is 0 Å². The first-order valence-electron chi connectivity index (χ1n) is 8.75. The van der Waals surface area contributed by atoms with Crippen molar-refractivity contribution in [3.05, 3.63) is 29.8 Å². The number of piperidine rings is 1. The van der Waals surface area contributed by atoms with Crippen molar-refractivity contribution in [1.82, 2.24) is 4.90 Å². The highest BCUT2D eigenvalue weighted by atomic mass is 32.2. The number of carbonyl (C=O) groups is 2. The van der Waals surface area contributed by atoms with E-state index < -0.39 is 9.84 Å². The van der Waals surface area contributed by atoms with E-state index in [1.54, 1.807) is 36.1 Å². The summed E-state index contributed by atoms with van der Waals surface area (Å²) in [6, 6.07) is 6.79. The number of rotatable bonds is 6. The summed E-state index contributed by atoms with van der Waals surface area (Å²) >= 11 is 0. The van der Waals surface area contributed by atoms with E-state index in [9.17, 15) is 18.0 Å². The van der Waals surface area contributed by atoms with Gasteiger partial charge in [-0.3, -0.25) is 4.79 Å². The van der Waals surface area contributed by atoms with Gasteiger partial charge in [0.1, 0.15) is 9.84 Å². The highest BCUT2D eigenvalue weighted by Crippen LogP contribution is 2.19. The van der Waals surface area contributed by atoms with Gasteiger partial charge in [-0.25, -0.2) is 13.2 Å². The zero-order valence-electron chi connectivity index (χ0n) is 15.2. The third kappa shape index (κ3) is 6.67. The van der Waals surface area contributed by atoms with E-state index >= 15 is 0 Å². The number of urea groups is 1. The second-order valence-electron chi connectivity index (χ2n) is 6.66. The van der Waals surface area contributed by atoms with Gasteiger partial charge in [-0.15, -0.1) is 0 Å². The summed E-state index contributed by atoms with van der Waals surface area (Å²) < 4.78 is 27.8. The number of carbonyl (C=O) groups excluding carboxylic acids is 2. The molecule has 0 aliphatic carbocycles. The molecule has 1 saturated heterocycles. The fourth-order valence-electron chi connectivity index (χ4n) is 3.10. The molecule has 1 heterocycles. The molecule has 0 saturated carbocycles. The van der Waals surface area contributed by atoms with Gasteiger partial charge in [0.25, 0.3) is 0 Å². The maximum atomic E-state index is 12.4. The number of likely N-dealkylation sites (tertiary alicyclic amines) is 1. The fourth-order valence-corrected chi connectivity index (χ4v) is 4.23. The number of nitrogens with one attached hydrogen (secondary N) is 1. The maximum absolute atomic E-state index is 12.4. The number of benzene rings is 1. The summed E-state index contributed by atoms with van der Waals surface area (Å²) in [6.45, 7) is 3.17. The number of amides is 2. The number of hydrogen-bond acceptors (Lipinski definition) is 5. The molecule has 2 rings (SSSR count). The molecule has 0 spiro atoms. The Morgan fingerprint density at radius 2 is 1.96 bits per heavy atom. The lowest BCUT2D eigenvalue weighted by Crippen LogP contribution is -2.43. The number of esters is 1. The summed E-state index contributed by atoms with van der Waals surface area (Å²) in [7, 11) is -3.05. The molecular formula is C18H26N2O5S. The average molecular weight is 382 g/mol. The van der Waals surface area contributed by atoms with Crippen LogP contribution in [0.5, 0.6) is 0 Å². The molecule has 1 unspecified atom stereocenters. The van der Waals surface area contributed by atoms with Gasteiger partial charge in [-0.1, -0.05) is 12.1 Å². The van der Waals surface area contributed by atoms with E-state index in [0.717, 1.165) is 18.4 Å². The number of ether oxygens (including phenoxy) is 1. The molecule has 0 aromatic heterocycles. The molecule has 1 aliphatic heterocycles. The lowest BCUT2D eigenvalue weighted by atomic mass is 10.0. The van der Waals surface area contributed by atoms with Crippen molar-refractivity contribution < 1.29 is 22.7 Å². The van der Waals surface area contributed by atoms with Crippen LogP contribution in [-0.2, 0) is 25.8 Å². The number of anilines is 1. The second kappa shape index (κ2) is 9.02. The van der Waals surface area contributed by atoms with E-state index in [1.807, 2.05) is 0 Å². The van der Waals surface area contributed by atoms with Gasteiger partial charge < -0.3 is 15.0 Å². The molecular weight excluding hydrogens is 356 g/mol. The molecule has 8 heteroatoms. The van der Waals surface area contributed by atoms with Gasteiger partial charge in [0, 0.05) is 25.0 Å². The zero-order valence-corrected chi connectivity index (χ0v) is 16.0. The third-order valence-corrected chi connectivity index (χ3v) is 5.28. The lowest BCUT2D eigenvalue weighted by Gasteiger charge is -2.32. The smallest absolute Gasteiger partial charge is 0.321 e. The van der Waals surface area contributed by atoms with Crippen LogP contribution < -0.4 is 5.32 Å². The lowest BCUT2D eigenvalue weighted by molar-refractivity contribution is -0.142. The maximum Gasteiger partial charge on any atom is 0.321 e. The van der Waals surface area contributed by atoms with Crippen LogP contribution in [0, 0.1) is 5.92 Å². The molecule has 26 heavy (non-hydrogen) atoms. The largest absolute Gasteiger partial charge is 0.466 e. The minimum Gasteiger partial charge on any atom is -0.466 e. The Morgan fingerprint density at radius 1 is 1.27 bits per heavy atom. The van der Waals surface area contributed by atoms with Crippen molar-refractivity contribution in [3.63, 3.8) is 0 Å². The normalized spacial score (nSPS) is 17.6. The van der Waals surface area contributed by atoms with Crippen molar-refractivity contribution in [2.75, 3.05) is 37.0 Å². The monoisotopic (exact) mass is 382 g/mol. The Labute approximate surface area is 154 Å². The van der Waals surface area contributed by atoms with Gasteiger partial charge in [0.05, 0.1) is 18.8 Å². The number of nitrogens with zero attached hydrogens (tertiary/aromatic N) is 1. The van der Waals surface area contributed by atoms with Gasteiger partial charge >= 0.3 is 12.0 Å². The Morgan fingerprint density at radius 3 is 2.58 bits per heavy atom. The van der Waals surface area contributed by atoms with E-state index in [4.69, 9.17) is 4.74 Å². The van der Waals surface area contributed by atoms with Crippen LogP contribution in [0.25, 0.3) is 0 Å². The Kier molecular flexibility index (Phi) is 7.02. The van der Waals surface area contributed by atoms with Gasteiger partial charge in [-0.05, 0) is 43.4 Å².